The van der Waals surface area contributed by atoms with Gasteiger partial charge < -0.3 is 10.2 Å². The topological polar surface area (TPSA) is 15.3 Å². The minimum atomic E-state index is 0.452. The normalized spacial score (nSPS) is 16.8. The molecule has 0 heterocycles. The summed E-state index contributed by atoms with van der Waals surface area (Å²) < 4.78 is 1.22. The summed E-state index contributed by atoms with van der Waals surface area (Å²) in [5.74, 6) is 0. The van der Waals surface area contributed by atoms with E-state index in [0.717, 1.165) is 12.6 Å². The quantitative estimate of drug-likeness (QED) is 0.778. The maximum Gasteiger partial charge on any atom is 0.0343 e. The number of hydrogen-bond donors (Lipinski definition) is 1. The van der Waals surface area contributed by atoms with Crippen molar-refractivity contribution in [3.63, 3.8) is 0 Å². The molecule has 0 radical (unpaired) electrons. The van der Waals surface area contributed by atoms with E-state index in [-0.39, 0.29) is 0 Å². The molecule has 0 aliphatic heterocycles. The Kier molecular flexibility index (Phi) is 5.86. The summed E-state index contributed by atoms with van der Waals surface area (Å²) in [6, 6.07) is 9.89. The van der Waals surface area contributed by atoms with Crippen molar-refractivity contribution in [1.29, 1.82) is 0 Å². The molecular weight excluding hydrogens is 300 g/mol. The van der Waals surface area contributed by atoms with E-state index in [2.05, 4.69) is 64.3 Å². The number of halogens is 1. The number of nitrogens with zero attached hydrogens (tertiary/aromatic N) is 1. The lowest BCUT2D eigenvalue weighted by Crippen LogP contribution is -2.31. The van der Waals surface area contributed by atoms with E-state index in [1.807, 2.05) is 0 Å². The Labute approximate surface area is 125 Å². The van der Waals surface area contributed by atoms with Crippen molar-refractivity contribution >= 4 is 15.9 Å². The fraction of sp³-hybridized carbons (Fsp3) is 0.625. The molecule has 0 saturated heterocycles. The predicted octanol–water partition coefficient (Wildman–Crippen LogP) is 3.97. The fourth-order valence-corrected chi connectivity index (χ4v) is 3.27. The van der Waals surface area contributed by atoms with Crippen LogP contribution in [-0.2, 0) is 0 Å². The largest absolute Gasteiger partial charge is 0.310 e. The van der Waals surface area contributed by atoms with Crippen LogP contribution in [0, 0.1) is 0 Å². The molecule has 1 atom stereocenters. The second kappa shape index (κ2) is 7.41. The number of nitrogens with one attached hydrogen (secondary N) is 1. The molecule has 3 heteroatoms. The van der Waals surface area contributed by atoms with E-state index < -0.39 is 0 Å². The Morgan fingerprint density at radius 2 is 2.05 bits per heavy atom. The Morgan fingerprint density at radius 1 is 1.32 bits per heavy atom. The van der Waals surface area contributed by atoms with Crippen LogP contribution in [0.2, 0.25) is 0 Å². The molecule has 1 saturated carbocycles. The molecule has 1 unspecified atom stereocenters. The average Bonchev–Trinajstić information content (AvgIpc) is 3.24. The van der Waals surface area contributed by atoms with Gasteiger partial charge in [0.25, 0.3) is 0 Å². The molecule has 0 amide bonds. The van der Waals surface area contributed by atoms with Gasteiger partial charge in [0, 0.05) is 23.1 Å². The lowest BCUT2D eigenvalue weighted by Gasteiger charge is -2.25. The van der Waals surface area contributed by atoms with Crippen LogP contribution in [0.5, 0.6) is 0 Å². The number of hydrogen-bond acceptors (Lipinski definition) is 2. The van der Waals surface area contributed by atoms with Gasteiger partial charge in [0.2, 0.25) is 0 Å². The van der Waals surface area contributed by atoms with Crippen molar-refractivity contribution in [1.82, 2.24) is 10.2 Å². The smallest absolute Gasteiger partial charge is 0.0343 e. The van der Waals surface area contributed by atoms with Gasteiger partial charge in [-0.3, -0.25) is 0 Å². The first-order valence-electron chi connectivity index (χ1n) is 7.48. The SMILES string of the molecule is CCNC(CCN(CC)C1CC1)c1ccccc1Br. The van der Waals surface area contributed by atoms with Gasteiger partial charge in [-0.1, -0.05) is 48.0 Å². The van der Waals surface area contributed by atoms with Crippen LogP contribution in [0.25, 0.3) is 0 Å². The van der Waals surface area contributed by atoms with E-state index in [9.17, 15) is 0 Å². The van der Waals surface area contributed by atoms with Gasteiger partial charge in [0.05, 0.1) is 0 Å². The van der Waals surface area contributed by atoms with Crippen LogP contribution in [0.15, 0.2) is 28.7 Å². The first-order chi connectivity index (χ1) is 9.26. The highest BCUT2D eigenvalue weighted by Crippen LogP contribution is 2.29. The zero-order valence-electron chi connectivity index (χ0n) is 12.0. The summed E-state index contributed by atoms with van der Waals surface area (Å²) in [4.78, 5) is 2.63. The summed E-state index contributed by atoms with van der Waals surface area (Å²) in [6.07, 6.45) is 3.98. The average molecular weight is 325 g/mol. The van der Waals surface area contributed by atoms with Crippen molar-refractivity contribution in [2.24, 2.45) is 0 Å². The lowest BCUT2D eigenvalue weighted by atomic mass is 10.0. The number of rotatable bonds is 8. The lowest BCUT2D eigenvalue weighted by molar-refractivity contribution is 0.259. The minimum absolute atomic E-state index is 0.452. The maximum absolute atomic E-state index is 3.68. The third-order valence-electron chi connectivity index (χ3n) is 3.91. The first kappa shape index (κ1) is 15.0. The van der Waals surface area contributed by atoms with Crippen LogP contribution >= 0.6 is 15.9 Å². The third-order valence-corrected chi connectivity index (χ3v) is 4.63. The van der Waals surface area contributed by atoms with Gasteiger partial charge in [-0.25, -0.2) is 0 Å². The maximum atomic E-state index is 3.68. The zero-order chi connectivity index (χ0) is 13.7. The van der Waals surface area contributed by atoms with E-state index in [0.29, 0.717) is 6.04 Å². The minimum Gasteiger partial charge on any atom is -0.310 e. The van der Waals surface area contributed by atoms with Crippen LogP contribution in [-0.4, -0.2) is 30.6 Å². The van der Waals surface area contributed by atoms with Crippen molar-refractivity contribution in [3.8, 4) is 0 Å². The van der Waals surface area contributed by atoms with Crippen LogP contribution in [0.4, 0.5) is 0 Å². The van der Waals surface area contributed by atoms with E-state index in [4.69, 9.17) is 0 Å². The monoisotopic (exact) mass is 324 g/mol. The molecule has 2 nitrogen and oxygen atoms in total. The number of benzene rings is 1. The summed E-state index contributed by atoms with van der Waals surface area (Å²) in [7, 11) is 0. The van der Waals surface area contributed by atoms with Crippen molar-refractivity contribution in [2.75, 3.05) is 19.6 Å². The fourth-order valence-electron chi connectivity index (χ4n) is 2.71. The Morgan fingerprint density at radius 3 is 2.63 bits per heavy atom. The van der Waals surface area contributed by atoms with Crippen LogP contribution in [0.3, 0.4) is 0 Å². The van der Waals surface area contributed by atoms with Crippen LogP contribution < -0.4 is 5.32 Å². The van der Waals surface area contributed by atoms with Gasteiger partial charge >= 0.3 is 0 Å². The summed E-state index contributed by atoms with van der Waals surface area (Å²) >= 11 is 3.68. The molecule has 19 heavy (non-hydrogen) atoms. The van der Waals surface area contributed by atoms with Gasteiger partial charge in [-0.05, 0) is 44.0 Å². The molecule has 106 valence electrons. The Bertz CT molecular complexity index is 390. The molecule has 1 aromatic carbocycles. The molecule has 1 N–H and O–H groups in total. The molecule has 1 fully saturated rings. The van der Waals surface area contributed by atoms with Gasteiger partial charge in [-0.2, -0.15) is 0 Å². The van der Waals surface area contributed by atoms with Crippen LogP contribution in [0.1, 0.15) is 44.7 Å². The van der Waals surface area contributed by atoms with E-state index >= 15 is 0 Å². The summed E-state index contributed by atoms with van der Waals surface area (Å²) in [5, 5.41) is 3.62. The predicted molar refractivity (Wildman–Crippen MR) is 85.4 cm³/mol. The zero-order valence-corrected chi connectivity index (χ0v) is 13.6. The van der Waals surface area contributed by atoms with E-state index in [1.165, 1.54) is 42.4 Å². The van der Waals surface area contributed by atoms with Crippen molar-refractivity contribution < 1.29 is 0 Å². The molecule has 2 rings (SSSR count). The highest BCUT2D eigenvalue weighted by Gasteiger charge is 2.28. The van der Waals surface area contributed by atoms with Gasteiger partial charge in [0.1, 0.15) is 0 Å². The molecule has 1 aliphatic rings. The molecular formula is C16H25BrN2. The summed E-state index contributed by atoms with van der Waals surface area (Å²) in [6.45, 7) is 7.85. The van der Waals surface area contributed by atoms with Gasteiger partial charge in [-0.15, -0.1) is 0 Å². The Hall–Kier alpha value is -0.380. The standard InChI is InChI=1S/C16H25BrN2/c1-3-18-16(14-7-5-6-8-15(14)17)11-12-19(4-2)13-9-10-13/h5-8,13,16,18H,3-4,9-12H2,1-2H3. The second-order valence-electron chi connectivity index (χ2n) is 5.28. The molecule has 0 aromatic heterocycles. The second-order valence-corrected chi connectivity index (χ2v) is 6.13. The van der Waals surface area contributed by atoms with E-state index in [1.54, 1.807) is 0 Å². The highest BCUT2D eigenvalue weighted by molar-refractivity contribution is 9.10. The summed E-state index contributed by atoms with van der Waals surface area (Å²) in [5.41, 5.74) is 1.39. The Balaban J connectivity index is 1.97. The van der Waals surface area contributed by atoms with Crippen molar-refractivity contribution in [3.05, 3.63) is 34.3 Å². The van der Waals surface area contributed by atoms with Crippen molar-refractivity contribution in [2.45, 2.75) is 45.2 Å². The van der Waals surface area contributed by atoms with Gasteiger partial charge in [0.15, 0.2) is 0 Å². The third kappa shape index (κ3) is 4.30. The first-order valence-corrected chi connectivity index (χ1v) is 8.27. The molecule has 1 aromatic rings. The molecule has 1 aliphatic carbocycles. The molecule has 0 spiro atoms. The highest BCUT2D eigenvalue weighted by atomic mass is 79.9. The molecule has 0 bridgehead atoms.